The van der Waals surface area contributed by atoms with E-state index in [4.69, 9.17) is 0 Å². The van der Waals surface area contributed by atoms with Crippen molar-refractivity contribution in [2.24, 2.45) is 0 Å². The maximum atomic E-state index is 11.6. The molecule has 2 amide bonds. The molecule has 5 N–H and O–H groups in total. The predicted octanol–water partition coefficient (Wildman–Crippen LogP) is -0.391. The van der Waals surface area contributed by atoms with Crippen LogP contribution in [0.25, 0.3) is 6.08 Å². The molecule has 0 unspecified atom stereocenters. The first-order valence-electron chi connectivity index (χ1n) is 5.49. The number of aromatic hydroxyl groups is 1. The largest absolute Gasteiger partial charge is 0.494 e. The van der Waals surface area contributed by atoms with E-state index in [9.17, 15) is 19.5 Å². The molecule has 108 valence electrons. The van der Waals surface area contributed by atoms with Gasteiger partial charge in [-0.2, -0.15) is 0 Å². The molecule has 10 heteroatoms. The quantitative estimate of drug-likeness (QED) is 0.286. The summed E-state index contributed by atoms with van der Waals surface area (Å²) in [4.78, 5) is 39.3. The molecule has 0 atom stereocenters. The Balaban J connectivity index is 2.31. The van der Waals surface area contributed by atoms with Crippen LogP contribution in [0.1, 0.15) is 5.56 Å². The molecule has 1 aliphatic heterocycles. The number of carbonyl (C=O) groups excluding carboxylic acids is 2. The highest BCUT2D eigenvalue weighted by atomic mass is 32.1. The van der Waals surface area contributed by atoms with Crippen molar-refractivity contribution in [2.75, 3.05) is 0 Å². The Morgan fingerprint density at radius 1 is 1.00 bits per heavy atom. The van der Waals surface area contributed by atoms with Crippen molar-refractivity contribution >= 4 is 47.4 Å². The number of amides is 2. The lowest BCUT2D eigenvalue weighted by molar-refractivity contribution is -0.123. The minimum Gasteiger partial charge on any atom is -0.494 e. The SMILES string of the molecule is O=C1NC(=S)NC(=O)C1=C/C=C/c1c(O)[nH]c(=S)[nH]c1=O. The van der Waals surface area contributed by atoms with E-state index in [1.54, 1.807) is 0 Å². The summed E-state index contributed by atoms with van der Waals surface area (Å²) in [5.74, 6) is -1.73. The second kappa shape index (κ2) is 5.81. The van der Waals surface area contributed by atoms with Crippen molar-refractivity contribution in [3.63, 3.8) is 0 Å². The van der Waals surface area contributed by atoms with E-state index in [0.29, 0.717) is 0 Å². The van der Waals surface area contributed by atoms with Gasteiger partial charge in [0.15, 0.2) is 9.88 Å². The first kappa shape index (κ1) is 14.8. The zero-order chi connectivity index (χ0) is 15.6. The van der Waals surface area contributed by atoms with Crippen LogP contribution in [0.3, 0.4) is 0 Å². The molecule has 8 nitrogen and oxygen atoms in total. The zero-order valence-corrected chi connectivity index (χ0v) is 11.9. The summed E-state index contributed by atoms with van der Waals surface area (Å²) in [6.07, 6.45) is 3.68. The first-order chi connectivity index (χ1) is 9.88. The number of thiocarbonyl (C=S) groups is 1. The van der Waals surface area contributed by atoms with Crippen molar-refractivity contribution in [2.45, 2.75) is 0 Å². The minimum atomic E-state index is -0.654. The van der Waals surface area contributed by atoms with Crippen molar-refractivity contribution in [3.05, 3.63) is 38.4 Å². The van der Waals surface area contributed by atoms with Gasteiger partial charge in [0.2, 0.25) is 5.88 Å². The third-order valence-corrected chi connectivity index (χ3v) is 2.84. The van der Waals surface area contributed by atoms with E-state index >= 15 is 0 Å². The Morgan fingerprint density at radius 2 is 1.62 bits per heavy atom. The summed E-state index contributed by atoms with van der Waals surface area (Å²) >= 11 is 9.33. The smallest absolute Gasteiger partial charge is 0.263 e. The van der Waals surface area contributed by atoms with E-state index in [2.05, 4.69) is 45.0 Å². The summed E-state index contributed by atoms with van der Waals surface area (Å²) in [6.45, 7) is 0. The molecule has 0 aliphatic carbocycles. The van der Waals surface area contributed by atoms with Gasteiger partial charge in [-0.3, -0.25) is 30.0 Å². The molecule has 2 rings (SSSR count). The summed E-state index contributed by atoms with van der Waals surface area (Å²) in [5, 5.41) is 14.0. The molecule has 1 saturated heterocycles. The van der Waals surface area contributed by atoms with Gasteiger partial charge in [-0.15, -0.1) is 0 Å². The van der Waals surface area contributed by atoms with Crippen LogP contribution in [0, 0.1) is 4.77 Å². The molecular formula is C11H8N4O4S2. The van der Waals surface area contributed by atoms with E-state index in [-0.39, 0.29) is 21.0 Å². The topological polar surface area (TPSA) is 127 Å². The van der Waals surface area contributed by atoms with Crippen LogP contribution in [0.4, 0.5) is 0 Å². The number of allylic oxidation sites excluding steroid dienone is 2. The van der Waals surface area contributed by atoms with Crippen molar-refractivity contribution in [1.82, 2.24) is 20.6 Å². The second-order valence-corrected chi connectivity index (χ2v) is 4.66. The molecule has 0 radical (unpaired) electrons. The Hall–Kier alpha value is -2.59. The number of H-pyrrole nitrogens is 2. The fourth-order valence-electron chi connectivity index (χ4n) is 1.51. The van der Waals surface area contributed by atoms with Crippen LogP contribution in [0.5, 0.6) is 5.88 Å². The van der Waals surface area contributed by atoms with Gasteiger partial charge in [-0.1, -0.05) is 6.08 Å². The van der Waals surface area contributed by atoms with Crippen LogP contribution in [-0.4, -0.2) is 32.0 Å². The average molecular weight is 324 g/mol. The normalized spacial score (nSPS) is 15.0. The second-order valence-electron chi connectivity index (χ2n) is 3.85. The Morgan fingerprint density at radius 3 is 2.19 bits per heavy atom. The summed E-state index contributed by atoms with van der Waals surface area (Å²) < 4.78 is -0.0208. The molecule has 0 saturated carbocycles. The maximum absolute atomic E-state index is 11.6. The molecule has 2 heterocycles. The third kappa shape index (κ3) is 3.30. The monoisotopic (exact) mass is 324 g/mol. The molecule has 0 aromatic carbocycles. The number of hydrogen-bond acceptors (Lipinski definition) is 6. The number of aromatic amines is 2. The number of carbonyl (C=O) groups is 2. The summed E-state index contributed by atoms with van der Waals surface area (Å²) in [6, 6.07) is 0. The van der Waals surface area contributed by atoms with Crippen LogP contribution in [0.2, 0.25) is 0 Å². The van der Waals surface area contributed by atoms with Crippen LogP contribution in [0.15, 0.2) is 22.5 Å². The van der Waals surface area contributed by atoms with Gasteiger partial charge in [0, 0.05) is 0 Å². The lowest BCUT2D eigenvalue weighted by Gasteiger charge is -2.15. The number of hydrogen-bond donors (Lipinski definition) is 5. The fraction of sp³-hybridized carbons (Fsp3) is 0. The number of aromatic nitrogens is 2. The zero-order valence-electron chi connectivity index (χ0n) is 10.2. The molecule has 21 heavy (non-hydrogen) atoms. The molecule has 1 aromatic rings. The van der Waals surface area contributed by atoms with Gasteiger partial charge in [-0.25, -0.2) is 0 Å². The molecule has 1 aromatic heterocycles. The molecule has 0 spiro atoms. The molecule has 0 bridgehead atoms. The van der Waals surface area contributed by atoms with Gasteiger partial charge in [0.05, 0.1) is 5.56 Å². The van der Waals surface area contributed by atoms with E-state index in [0.717, 1.165) is 0 Å². The van der Waals surface area contributed by atoms with Gasteiger partial charge in [-0.05, 0) is 36.6 Å². The van der Waals surface area contributed by atoms with Gasteiger partial charge in [0.1, 0.15) is 5.57 Å². The first-order valence-corrected chi connectivity index (χ1v) is 6.30. The van der Waals surface area contributed by atoms with Crippen molar-refractivity contribution in [1.29, 1.82) is 0 Å². The minimum absolute atomic E-state index is 0.0208. The average Bonchev–Trinajstić information content (AvgIpc) is 2.34. The Labute approximate surface area is 127 Å². The molecular weight excluding hydrogens is 316 g/mol. The van der Waals surface area contributed by atoms with Gasteiger partial charge >= 0.3 is 0 Å². The van der Waals surface area contributed by atoms with Gasteiger partial charge < -0.3 is 10.1 Å². The number of rotatable bonds is 2. The molecule has 1 aliphatic rings. The predicted molar refractivity (Wildman–Crippen MR) is 79.9 cm³/mol. The Bertz CT molecular complexity index is 796. The fourth-order valence-corrected chi connectivity index (χ4v) is 1.88. The lowest BCUT2D eigenvalue weighted by atomic mass is 10.1. The number of nitrogens with one attached hydrogen (secondary N) is 4. The van der Waals surface area contributed by atoms with Crippen LogP contribution < -0.4 is 16.2 Å². The van der Waals surface area contributed by atoms with E-state index in [1.807, 2.05) is 0 Å². The maximum Gasteiger partial charge on any atom is 0.263 e. The lowest BCUT2D eigenvalue weighted by Crippen LogP contribution is -2.51. The highest BCUT2D eigenvalue weighted by molar-refractivity contribution is 7.80. The van der Waals surface area contributed by atoms with Crippen molar-refractivity contribution < 1.29 is 14.7 Å². The van der Waals surface area contributed by atoms with Crippen LogP contribution in [-0.2, 0) is 9.59 Å². The van der Waals surface area contributed by atoms with Crippen molar-refractivity contribution in [3.8, 4) is 5.88 Å². The van der Waals surface area contributed by atoms with E-state index in [1.165, 1.54) is 18.2 Å². The summed E-state index contributed by atoms with van der Waals surface area (Å²) in [7, 11) is 0. The molecule has 1 fully saturated rings. The highest BCUT2D eigenvalue weighted by Gasteiger charge is 2.24. The summed E-state index contributed by atoms with van der Waals surface area (Å²) in [5.41, 5.74) is -0.878. The third-order valence-electron chi connectivity index (χ3n) is 2.43. The highest BCUT2D eigenvalue weighted by Crippen LogP contribution is 2.09. The standard InChI is InChI=1S/C11H8N4O4S2/c16-6-4(7(17)13-10(20)12-6)2-1-3-5-8(18)14-11(21)15-9(5)19/h1-3H,(H2,12,13,16,17,20)(H3,14,15,18,19,21)/b3-1+. The van der Waals surface area contributed by atoms with Crippen LogP contribution >= 0.6 is 24.4 Å². The van der Waals surface area contributed by atoms with E-state index < -0.39 is 23.3 Å². The Kier molecular flexibility index (Phi) is 4.10. The van der Waals surface area contributed by atoms with Gasteiger partial charge in [0.25, 0.3) is 17.4 Å².